The molecule has 2 atom stereocenters. The maximum atomic E-state index is 13.7. The molecular formula is C27H38ClN5O5. The summed E-state index contributed by atoms with van der Waals surface area (Å²) in [5.41, 5.74) is 1.65. The van der Waals surface area contributed by atoms with Gasteiger partial charge in [-0.2, -0.15) is 0 Å². The molecule has 0 radical (unpaired) electrons. The molecule has 1 amide bonds. The van der Waals surface area contributed by atoms with Gasteiger partial charge in [-0.3, -0.25) is 4.79 Å². The summed E-state index contributed by atoms with van der Waals surface area (Å²) in [4.78, 5) is 24.9. The third-order valence-electron chi connectivity index (χ3n) is 6.85. The topological polar surface area (TPSA) is 118 Å². The lowest BCUT2D eigenvalue weighted by Gasteiger charge is -2.27. The highest BCUT2D eigenvalue weighted by Crippen LogP contribution is 2.30. The van der Waals surface area contributed by atoms with Gasteiger partial charge in [0.25, 0.3) is 5.91 Å². The van der Waals surface area contributed by atoms with Gasteiger partial charge in [-0.25, -0.2) is 9.97 Å². The van der Waals surface area contributed by atoms with E-state index in [1.54, 1.807) is 30.1 Å². The second-order valence-corrected chi connectivity index (χ2v) is 10.5. The first-order valence-electron chi connectivity index (χ1n) is 13.2. The van der Waals surface area contributed by atoms with E-state index in [1.165, 1.54) is 0 Å². The van der Waals surface area contributed by atoms with E-state index in [0.29, 0.717) is 71.5 Å². The van der Waals surface area contributed by atoms with Gasteiger partial charge in [0.1, 0.15) is 30.0 Å². The van der Waals surface area contributed by atoms with Crippen LogP contribution in [0.3, 0.4) is 0 Å². The van der Waals surface area contributed by atoms with Gasteiger partial charge in [0.2, 0.25) is 0 Å². The highest BCUT2D eigenvalue weighted by Gasteiger charge is 2.26. The fraction of sp³-hybridized carbons (Fsp3) is 0.593. The number of carbonyl (C=O) groups is 1. The van der Waals surface area contributed by atoms with Crippen LogP contribution in [0.25, 0.3) is 11.4 Å². The zero-order valence-corrected chi connectivity index (χ0v) is 23.1. The Labute approximate surface area is 229 Å². The second kappa shape index (κ2) is 13.5. The van der Waals surface area contributed by atoms with Crippen LogP contribution in [0.15, 0.2) is 18.2 Å². The number of halogens is 1. The van der Waals surface area contributed by atoms with Crippen LogP contribution in [0.2, 0.25) is 5.02 Å². The summed E-state index contributed by atoms with van der Waals surface area (Å²) in [5, 5.41) is 16.8. The number of carbonyl (C=O) groups excluding carboxylic acids is 1. The number of hydrogen-bond donors (Lipinski definition) is 3. The molecule has 1 aromatic heterocycles. The molecule has 0 spiro atoms. The molecule has 0 saturated carbocycles. The summed E-state index contributed by atoms with van der Waals surface area (Å²) in [5.74, 6) is 1.69. The van der Waals surface area contributed by atoms with Gasteiger partial charge in [-0.05, 0) is 57.4 Å². The Kier molecular flexibility index (Phi) is 10.1. The number of amides is 1. The summed E-state index contributed by atoms with van der Waals surface area (Å²) in [6.45, 7) is 5.74. The van der Waals surface area contributed by atoms with Crippen molar-refractivity contribution in [1.82, 2.24) is 20.2 Å². The molecule has 1 unspecified atom stereocenters. The predicted octanol–water partition coefficient (Wildman–Crippen LogP) is 2.76. The number of rotatable bonds is 11. The summed E-state index contributed by atoms with van der Waals surface area (Å²) < 4.78 is 16.8. The molecular weight excluding hydrogens is 510 g/mol. The fourth-order valence-corrected chi connectivity index (χ4v) is 4.90. The molecule has 0 bridgehead atoms. The lowest BCUT2D eigenvalue weighted by atomic mass is 9.99. The van der Waals surface area contributed by atoms with Crippen molar-refractivity contribution in [3.8, 4) is 17.1 Å². The molecule has 2 aliphatic heterocycles. The van der Waals surface area contributed by atoms with Crippen LogP contribution < -0.4 is 15.4 Å². The zero-order valence-electron chi connectivity index (χ0n) is 22.3. The van der Waals surface area contributed by atoms with Crippen LogP contribution in [0, 0.1) is 12.8 Å². The minimum atomic E-state index is -0.669. The largest absolute Gasteiger partial charge is 0.491 e. The van der Waals surface area contributed by atoms with E-state index in [4.69, 9.17) is 35.8 Å². The Morgan fingerprint density at radius 3 is 2.68 bits per heavy atom. The molecule has 0 aliphatic carbocycles. The average molecular weight is 548 g/mol. The van der Waals surface area contributed by atoms with E-state index in [0.717, 1.165) is 32.5 Å². The first-order chi connectivity index (χ1) is 18.3. The summed E-state index contributed by atoms with van der Waals surface area (Å²) >= 11 is 6.42. The van der Waals surface area contributed by atoms with Crippen molar-refractivity contribution < 1.29 is 24.1 Å². The molecule has 1 aromatic carbocycles. The maximum absolute atomic E-state index is 13.7. The van der Waals surface area contributed by atoms with Crippen molar-refractivity contribution >= 4 is 23.3 Å². The number of hydrogen-bond acceptors (Lipinski definition) is 9. The van der Waals surface area contributed by atoms with Crippen LogP contribution in [0.5, 0.6) is 5.75 Å². The predicted molar refractivity (Wildman–Crippen MR) is 146 cm³/mol. The van der Waals surface area contributed by atoms with E-state index in [1.807, 2.05) is 14.0 Å². The molecule has 3 heterocycles. The number of aromatic nitrogens is 2. The minimum absolute atomic E-state index is 0.102. The lowest BCUT2D eigenvalue weighted by molar-refractivity contribution is 0.0495. The average Bonchev–Trinajstić information content (AvgIpc) is 3.42. The van der Waals surface area contributed by atoms with Gasteiger partial charge in [-0.1, -0.05) is 11.6 Å². The minimum Gasteiger partial charge on any atom is -0.491 e. The number of aliphatic hydroxyl groups excluding tert-OH is 1. The van der Waals surface area contributed by atoms with Gasteiger partial charge >= 0.3 is 0 Å². The zero-order chi connectivity index (χ0) is 27.1. The quantitative estimate of drug-likeness (QED) is 0.390. The van der Waals surface area contributed by atoms with Crippen LogP contribution in [0.4, 0.5) is 5.82 Å². The molecule has 10 nitrogen and oxygen atoms in total. The number of nitrogens with one attached hydrogen (secondary N) is 2. The summed E-state index contributed by atoms with van der Waals surface area (Å²) in [7, 11) is 3.58. The monoisotopic (exact) mass is 547 g/mol. The van der Waals surface area contributed by atoms with E-state index in [2.05, 4.69) is 10.6 Å². The Balaban J connectivity index is 1.64. The van der Waals surface area contributed by atoms with Crippen molar-refractivity contribution in [2.75, 3.05) is 65.5 Å². The van der Waals surface area contributed by atoms with Crippen LogP contribution >= 0.6 is 11.6 Å². The van der Waals surface area contributed by atoms with Gasteiger partial charge in [0.15, 0.2) is 5.82 Å². The van der Waals surface area contributed by atoms with Gasteiger partial charge in [0, 0.05) is 56.1 Å². The number of anilines is 1. The Bertz CT molecular complexity index is 1090. The number of benzene rings is 1. The van der Waals surface area contributed by atoms with Crippen molar-refractivity contribution in [3.05, 3.63) is 34.5 Å². The molecule has 4 rings (SSSR count). The van der Waals surface area contributed by atoms with E-state index in [-0.39, 0.29) is 18.6 Å². The van der Waals surface area contributed by atoms with Gasteiger partial charge < -0.3 is 34.9 Å². The van der Waals surface area contributed by atoms with E-state index < -0.39 is 6.10 Å². The van der Waals surface area contributed by atoms with Crippen molar-refractivity contribution in [2.24, 2.45) is 5.92 Å². The first kappa shape index (κ1) is 28.5. The molecule has 2 saturated heterocycles. The van der Waals surface area contributed by atoms with Crippen LogP contribution in [0.1, 0.15) is 35.3 Å². The van der Waals surface area contributed by atoms with Crippen LogP contribution in [-0.2, 0) is 9.47 Å². The Hall–Kier alpha value is -2.50. The molecule has 208 valence electrons. The molecule has 2 aliphatic rings. The van der Waals surface area contributed by atoms with Gasteiger partial charge in [-0.15, -0.1) is 0 Å². The van der Waals surface area contributed by atoms with Crippen molar-refractivity contribution in [2.45, 2.75) is 38.3 Å². The number of nitrogens with zero attached hydrogens (tertiary/aromatic N) is 3. The molecule has 2 fully saturated rings. The smallest absolute Gasteiger partial charge is 0.272 e. The maximum Gasteiger partial charge on any atom is 0.272 e. The normalized spacial score (nSPS) is 18.8. The number of aliphatic hydroxyl groups is 1. The van der Waals surface area contributed by atoms with E-state index in [9.17, 15) is 9.90 Å². The van der Waals surface area contributed by atoms with Crippen LogP contribution in [-0.4, -0.2) is 98.2 Å². The molecule has 2 aromatic rings. The Morgan fingerprint density at radius 2 is 1.97 bits per heavy atom. The SMILES string of the molecule is CNCC(O)COc1cc(Cl)cc(-c2nc(N[C@@H]3CCOC3)c(C)c(C(=O)N(C)CC3CCOCC3)n2)c1. The second-order valence-electron chi connectivity index (χ2n) is 10.0. The standard InChI is InChI=1S/C27H38ClN5O5/c1-17-24(27(35)33(3)14-18-4-7-36-8-5-18)31-26(32-25(17)30-21-6-9-37-15-21)19-10-20(28)12-23(11-19)38-16-22(34)13-29-2/h10-12,18,21-22,29,34H,4-9,13-16H2,1-3H3,(H,30,31,32)/t21-,22?/m1/s1. The Morgan fingerprint density at radius 1 is 1.21 bits per heavy atom. The third kappa shape index (κ3) is 7.54. The summed E-state index contributed by atoms with van der Waals surface area (Å²) in [6.07, 6.45) is 2.07. The van der Waals surface area contributed by atoms with Crippen molar-refractivity contribution in [1.29, 1.82) is 0 Å². The summed E-state index contributed by atoms with van der Waals surface area (Å²) in [6, 6.07) is 5.29. The van der Waals surface area contributed by atoms with E-state index >= 15 is 0 Å². The third-order valence-corrected chi connectivity index (χ3v) is 7.07. The first-order valence-corrected chi connectivity index (χ1v) is 13.5. The highest BCUT2D eigenvalue weighted by molar-refractivity contribution is 6.31. The number of likely N-dealkylation sites (N-methyl/N-ethyl adjacent to an activating group) is 1. The fourth-order valence-electron chi connectivity index (χ4n) is 4.68. The lowest BCUT2D eigenvalue weighted by Crippen LogP contribution is -2.35. The van der Waals surface area contributed by atoms with Crippen molar-refractivity contribution in [3.63, 3.8) is 0 Å². The molecule has 38 heavy (non-hydrogen) atoms. The molecule has 11 heteroatoms. The molecule has 3 N–H and O–H groups in total. The van der Waals surface area contributed by atoms with Gasteiger partial charge in [0.05, 0.1) is 12.6 Å². The highest BCUT2D eigenvalue weighted by atomic mass is 35.5. The number of ether oxygens (including phenoxy) is 3.